The summed E-state index contributed by atoms with van der Waals surface area (Å²) in [6, 6.07) is 10.7. The molecule has 0 aromatic heterocycles. The molecule has 34 heavy (non-hydrogen) atoms. The Hall–Kier alpha value is -2.78. The van der Waals surface area contributed by atoms with Gasteiger partial charge in [0.15, 0.2) is 11.5 Å². The van der Waals surface area contributed by atoms with Crippen LogP contribution in [0.3, 0.4) is 0 Å². The van der Waals surface area contributed by atoms with E-state index in [2.05, 4.69) is 6.07 Å². The second kappa shape index (κ2) is 10.2. The number of nitrogens with zero attached hydrogens (tertiary/aromatic N) is 2. The first-order valence-corrected chi connectivity index (χ1v) is 13.0. The highest BCUT2D eigenvalue weighted by Gasteiger charge is 2.33. The zero-order valence-electron chi connectivity index (χ0n) is 20.0. The van der Waals surface area contributed by atoms with Gasteiger partial charge >= 0.3 is 0 Å². The van der Waals surface area contributed by atoms with Gasteiger partial charge in [0.25, 0.3) is 0 Å². The molecule has 9 heteroatoms. The summed E-state index contributed by atoms with van der Waals surface area (Å²) in [5, 5.41) is 0. The van der Waals surface area contributed by atoms with Crippen LogP contribution in [-0.2, 0) is 14.8 Å². The third-order valence-electron chi connectivity index (χ3n) is 6.22. The van der Waals surface area contributed by atoms with Gasteiger partial charge in [-0.15, -0.1) is 0 Å². The predicted octanol–water partition coefficient (Wildman–Crippen LogP) is 3.01. The standard InChI is InChI=1S/C25H32N2O6S/c1-18-14-19(2)16-21(15-18)31-11-10-26(3)25(28)20-6-8-27(9-7-20)34(29,30)22-4-5-23-24(17-22)33-13-12-32-23/h4-5,14-17,20H,6-13H2,1-3H3. The van der Waals surface area contributed by atoms with Gasteiger partial charge in [-0.05, 0) is 62.1 Å². The average molecular weight is 489 g/mol. The van der Waals surface area contributed by atoms with Gasteiger partial charge in [-0.1, -0.05) is 6.07 Å². The molecule has 1 fully saturated rings. The quantitative estimate of drug-likeness (QED) is 0.596. The molecule has 1 saturated heterocycles. The second-order valence-corrected chi connectivity index (χ2v) is 10.9. The fourth-order valence-electron chi connectivity index (χ4n) is 4.41. The minimum Gasteiger partial charge on any atom is -0.492 e. The molecular formula is C25H32N2O6S. The Labute approximate surface area is 201 Å². The molecule has 4 rings (SSSR count). The van der Waals surface area contributed by atoms with Crippen LogP contribution in [0.1, 0.15) is 24.0 Å². The summed E-state index contributed by atoms with van der Waals surface area (Å²) in [6.45, 7) is 6.38. The highest BCUT2D eigenvalue weighted by Crippen LogP contribution is 2.34. The number of fused-ring (bicyclic) bond motifs is 1. The molecule has 8 nitrogen and oxygen atoms in total. The van der Waals surface area contributed by atoms with E-state index in [0.717, 1.165) is 16.9 Å². The third-order valence-corrected chi connectivity index (χ3v) is 8.12. The normalized spacial score (nSPS) is 16.8. The molecule has 0 unspecified atom stereocenters. The van der Waals surface area contributed by atoms with Gasteiger partial charge in [-0.3, -0.25) is 4.79 Å². The molecule has 184 valence electrons. The van der Waals surface area contributed by atoms with Crippen LogP contribution in [0.2, 0.25) is 0 Å². The maximum Gasteiger partial charge on any atom is 0.243 e. The fourth-order valence-corrected chi connectivity index (χ4v) is 5.90. The molecule has 0 radical (unpaired) electrons. The minimum atomic E-state index is -3.66. The smallest absolute Gasteiger partial charge is 0.243 e. The van der Waals surface area contributed by atoms with Gasteiger partial charge in [0.2, 0.25) is 15.9 Å². The summed E-state index contributed by atoms with van der Waals surface area (Å²) in [5.74, 6) is 1.63. The van der Waals surface area contributed by atoms with Crippen molar-refractivity contribution in [1.82, 2.24) is 9.21 Å². The lowest BCUT2D eigenvalue weighted by atomic mass is 9.97. The molecule has 2 aromatic rings. The van der Waals surface area contributed by atoms with E-state index in [-0.39, 0.29) is 16.7 Å². The van der Waals surface area contributed by atoms with E-state index < -0.39 is 10.0 Å². The summed E-state index contributed by atoms with van der Waals surface area (Å²) in [5.41, 5.74) is 2.27. The fraction of sp³-hybridized carbons (Fsp3) is 0.480. The van der Waals surface area contributed by atoms with Crippen molar-refractivity contribution in [2.45, 2.75) is 31.6 Å². The van der Waals surface area contributed by atoms with Crippen LogP contribution in [0.5, 0.6) is 17.2 Å². The van der Waals surface area contributed by atoms with Crippen LogP contribution in [0.15, 0.2) is 41.3 Å². The molecule has 0 atom stereocenters. The molecule has 0 N–H and O–H groups in total. The highest BCUT2D eigenvalue weighted by atomic mass is 32.2. The molecular weight excluding hydrogens is 456 g/mol. The van der Waals surface area contributed by atoms with Crippen molar-refractivity contribution in [2.75, 3.05) is 46.5 Å². The maximum atomic E-state index is 13.1. The minimum absolute atomic E-state index is 0.0281. The van der Waals surface area contributed by atoms with E-state index in [0.29, 0.717) is 63.8 Å². The van der Waals surface area contributed by atoms with Crippen molar-refractivity contribution in [2.24, 2.45) is 5.92 Å². The molecule has 0 spiro atoms. The lowest BCUT2D eigenvalue weighted by Crippen LogP contribution is -2.44. The first-order chi connectivity index (χ1) is 16.2. The van der Waals surface area contributed by atoms with Gasteiger partial charge in [0, 0.05) is 32.1 Å². The predicted molar refractivity (Wildman–Crippen MR) is 128 cm³/mol. The molecule has 2 aliphatic rings. The van der Waals surface area contributed by atoms with Crippen molar-refractivity contribution in [3.8, 4) is 17.2 Å². The van der Waals surface area contributed by atoms with Gasteiger partial charge in [-0.2, -0.15) is 4.31 Å². The number of rotatable bonds is 7. The first kappa shape index (κ1) is 24.3. The zero-order chi connectivity index (χ0) is 24.3. The number of aryl methyl sites for hydroxylation is 2. The number of amides is 1. The lowest BCUT2D eigenvalue weighted by molar-refractivity contribution is -0.135. The molecule has 2 aromatic carbocycles. The molecule has 0 aliphatic carbocycles. The Bertz CT molecular complexity index is 1120. The summed E-state index contributed by atoms with van der Waals surface area (Å²) >= 11 is 0. The van der Waals surface area contributed by atoms with Crippen LogP contribution < -0.4 is 14.2 Å². The van der Waals surface area contributed by atoms with Crippen LogP contribution in [-0.4, -0.2) is 70.0 Å². The van der Waals surface area contributed by atoms with Gasteiger partial charge in [-0.25, -0.2) is 8.42 Å². The van der Waals surface area contributed by atoms with Crippen molar-refractivity contribution in [3.05, 3.63) is 47.5 Å². The number of hydrogen-bond acceptors (Lipinski definition) is 6. The number of sulfonamides is 1. The average Bonchev–Trinajstić information content (AvgIpc) is 2.82. The monoisotopic (exact) mass is 488 g/mol. The highest BCUT2D eigenvalue weighted by molar-refractivity contribution is 7.89. The van der Waals surface area contributed by atoms with Crippen LogP contribution in [0, 0.1) is 19.8 Å². The largest absolute Gasteiger partial charge is 0.492 e. The number of benzene rings is 2. The molecule has 0 bridgehead atoms. The van der Waals surface area contributed by atoms with Crippen molar-refractivity contribution >= 4 is 15.9 Å². The Morgan fingerprint density at radius 3 is 2.35 bits per heavy atom. The molecule has 0 saturated carbocycles. The van der Waals surface area contributed by atoms with E-state index in [1.807, 2.05) is 26.0 Å². The number of hydrogen-bond donors (Lipinski definition) is 0. The molecule has 2 heterocycles. The van der Waals surface area contributed by atoms with Crippen molar-refractivity contribution in [1.29, 1.82) is 0 Å². The Balaban J connectivity index is 1.29. The van der Waals surface area contributed by atoms with E-state index in [1.165, 1.54) is 10.4 Å². The van der Waals surface area contributed by atoms with Gasteiger partial charge < -0.3 is 19.1 Å². The van der Waals surface area contributed by atoms with E-state index in [1.54, 1.807) is 24.1 Å². The van der Waals surface area contributed by atoms with Crippen LogP contribution in [0.25, 0.3) is 0 Å². The summed E-state index contributed by atoms with van der Waals surface area (Å²) < 4.78 is 44.5. The third kappa shape index (κ3) is 5.47. The number of ether oxygens (including phenoxy) is 3. The lowest BCUT2D eigenvalue weighted by Gasteiger charge is -2.32. The first-order valence-electron chi connectivity index (χ1n) is 11.6. The van der Waals surface area contributed by atoms with Crippen molar-refractivity contribution in [3.63, 3.8) is 0 Å². The Kier molecular flexibility index (Phi) is 7.33. The number of carbonyl (C=O) groups excluding carboxylic acids is 1. The number of likely N-dealkylation sites (N-methyl/N-ethyl adjacent to an activating group) is 1. The summed E-state index contributed by atoms with van der Waals surface area (Å²) in [6.07, 6.45) is 0.982. The second-order valence-electron chi connectivity index (χ2n) is 8.92. The van der Waals surface area contributed by atoms with E-state index in [9.17, 15) is 13.2 Å². The van der Waals surface area contributed by atoms with Gasteiger partial charge in [0.05, 0.1) is 11.4 Å². The van der Waals surface area contributed by atoms with Crippen molar-refractivity contribution < 1.29 is 27.4 Å². The maximum absolute atomic E-state index is 13.1. The van der Waals surface area contributed by atoms with Crippen LogP contribution >= 0.6 is 0 Å². The SMILES string of the molecule is Cc1cc(C)cc(OCCN(C)C(=O)C2CCN(S(=O)(=O)c3ccc4c(c3)OCCO4)CC2)c1. The number of piperidine rings is 1. The summed E-state index contributed by atoms with van der Waals surface area (Å²) in [4.78, 5) is 14.8. The Morgan fingerprint density at radius 1 is 1.03 bits per heavy atom. The molecule has 1 amide bonds. The zero-order valence-corrected chi connectivity index (χ0v) is 20.8. The van der Waals surface area contributed by atoms with E-state index in [4.69, 9.17) is 14.2 Å². The van der Waals surface area contributed by atoms with Crippen LogP contribution in [0.4, 0.5) is 0 Å². The Morgan fingerprint density at radius 2 is 1.68 bits per heavy atom. The molecule has 2 aliphatic heterocycles. The number of carbonyl (C=O) groups is 1. The van der Waals surface area contributed by atoms with Gasteiger partial charge in [0.1, 0.15) is 25.6 Å². The topological polar surface area (TPSA) is 85.4 Å². The summed E-state index contributed by atoms with van der Waals surface area (Å²) in [7, 11) is -1.89. The van der Waals surface area contributed by atoms with E-state index >= 15 is 0 Å².